The first-order chi connectivity index (χ1) is 17.5. The van der Waals surface area contributed by atoms with Crippen molar-refractivity contribution in [3.05, 3.63) is 12.2 Å². The van der Waals surface area contributed by atoms with Crippen LogP contribution in [0.2, 0.25) is 0 Å². The Balaban J connectivity index is 1.82. The van der Waals surface area contributed by atoms with Gasteiger partial charge >= 0.3 is 23.9 Å². The SMILES string of the molecule is C=C1C2CC(OC(C)=O)C3C4(C)C(OC(C)=O)CC(O)C5(C)CC(O)(C54)C(OC(C)=O)C3(C2)C1OC(C)=O. The smallest absolute Gasteiger partial charge is 0.303 e. The Kier molecular flexibility index (Phi) is 5.90. The Morgan fingerprint density at radius 1 is 0.895 bits per heavy atom. The number of hydrogen-bond acceptors (Lipinski definition) is 10. The Morgan fingerprint density at radius 3 is 2.03 bits per heavy atom. The average Bonchev–Trinajstić information content (AvgIpc) is 2.95. The highest BCUT2D eigenvalue weighted by Gasteiger charge is 2.88. The molecule has 0 saturated heterocycles. The summed E-state index contributed by atoms with van der Waals surface area (Å²) in [5.74, 6) is -3.80. The second kappa shape index (κ2) is 8.27. The standard InChI is InChI=1S/C28H38O10/c1-12-17-8-18(35-13(2)29)21-26(7)20(36-14(3)30)9-19(33)25(6)11-28(34,23(25)26)24(38-16(5)32)27(21,10-17)22(12)37-15(4)31/h17-24,33-34H,1,8-11H2,2-7H3. The molecule has 0 aliphatic heterocycles. The van der Waals surface area contributed by atoms with Crippen molar-refractivity contribution in [1.29, 1.82) is 0 Å². The van der Waals surface area contributed by atoms with Crippen molar-refractivity contribution in [1.82, 2.24) is 0 Å². The van der Waals surface area contributed by atoms with Crippen LogP contribution in [0.4, 0.5) is 0 Å². The molecular formula is C28H38O10. The molecule has 5 rings (SSSR count). The average molecular weight is 535 g/mol. The minimum Gasteiger partial charge on any atom is -0.462 e. The van der Waals surface area contributed by atoms with E-state index in [0.717, 1.165) is 0 Å². The molecular weight excluding hydrogens is 496 g/mol. The third kappa shape index (κ3) is 3.25. The minimum absolute atomic E-state index is 0.124. The van der Waals surface area contributed by atoms with Crippen LogP contribution in [0, 0.1) is 34.0 Å². The maximum absolute atomic E-state index is 12.6. The lowest BCUT2D eigenvalue weighted by Crippen LogP contribution is -2.87. The molecule has 10 heteroatoms. The van der Waals surface area contributed by atoms with E-state index in [-0.39, 0.29) is 18.8 Å². The molecule has 0 radical (unpaired) electrons. The van der Waals surface area contributed by atoms with Gasteiger partial charge in [0.05, 0.1) is 11.5 Å². The number of esters is 4. The highest BCUT2D eigenvalue weighted by Crippen LogP contribution is 2.81. The molecule has 12 unspecified atom stereocenters. The van der Waals surface area contributed by atoms with E-state index in [2.05, 4.69) is 6.58 Å². The van der Waals surface area contributed by atoms with E-state index >= 15 is 0 Å². The summed E-state index contributed by atoms with van der Waals surface area (Å²) in [5, 5.41) is 23.8. The molecule has 5 aliphatic carbocycles. The molecule has 5 aliphatic rings. The molecule has 1 spiro atoms. The predicted octanol–water partition coefficient (Wildman–Crippen LogP) is 1.84. The zero-order valence-electron chi connectivity index (χ0n) is 22.8. The molecule has 0 aromatic carbocycles. The van der Waals surface area contributed by atoms with E-state index in [1.54, 1.807) is 0 Å². The van der Waals surface area contributed by atoms with Gasteiger partial charge in [0.15, 0.2) is 0 Å². The second-order valence-electron chi connectivity index (χ2n) is 12.8. The van der Waals surface area contributed by atoms with E-state index in [9.17, 15) is 29.4 Å². The molecule has 0 aromatic rings. The van der Waals surface area contributed by atoms with Crippen molar-refractivity contribution in [2.75, 3.05) is 0 Å². The Labute approximate surface area is 222 Å². The lowest BCUT2D eigenvalue weighted by molar-refractivity contribution is -0.408. The van der Waals surface area contributed by atoms with Crippen molar-refractivity contribution in [3.8, 4) is 0 Å². The van der Waals surface area contributed by atoms with Gasteiger partial charge in [0, 0.05) is 56.8 Å². The summed E-state index contributed by atoms with van der Waals surface area (Å²) in [4.78, 5) is 49.7. The normalized spacial score (nSPS) is 50.1. The van der Waals surface area contributed by atoms with Crippen LogP contribution in [-0.4, -0.2) is 70.2 Å². The first-order valence-electron chi connectivity index (χ1n) is 13.3. The maximum Gasteiger partial charge on any atom is 0.303 e. The highest BCUT2D eigenvalue weighted by molar-refractivity contribution is 5.69. The van der Waals surface area contributed by atoms with Gasteiger partial charge in [-0.1, -0.05) is 20.4 Å². The molecule has 0 aromatic heterocycles. The van der Waals surface area contributed by atoms with E-state index in [0.29, 0.717) is 18.4 Å². The van der Waals surface area contributed by atoms with Crippen molar-refractivity contribution < 1.29 is 48.3 Å². The summed E-state index contributed by atoms with van der Waals surface area (Å²) in [6.07, 6.45) is -3.53. The first kappa shape index (κ1) is 27.1. The van der Waals surface area contributed by atoms with E-state index < -0.39 is 88.1 Å². The fourth-order valence-electron chi connectivity index (χ4n) is 10.1. The van der Waals surface area contributed by atoms with Crippen LogP contribution in [0.15, 0.2) is 12.2 Å². The third-order valence-corrected chi connectivity index (χ3v) is 10.6. The number of rotatable bonds is 4. The van der Waals surface area contributed by atoms with Gasteiger partial charge in [0.2, 0.25) is 0 Å². The summed E-state index contributed by atoms with van der Waals surface area (Å²) >= 11 is 0. The van der Waals surface area contributed by atoms with Gasteiger partial charge in [-0.15, -0.1) is 0 Å². The maximum atomic E-state index is 12.6. The summed E-state index contributed by atoms with van der Waals surface area (Å²) in [6, 6.07) is 0. The minimum atomic E-state index is -1.63. The number of carbonyl (C=O) groups is 4. The summed E-state index contributed by atoms with van der Waals surface area (Å²) in [5.41, 5.74) is -4.05. The van der Waals surface area contributed by atoms with E-state index in [1.165, 1.54) is 27.7 Å². The third-order valence-electron chi connectivity index (χ3n) is 10.6. The van der Waals surface area contributed by atoms with Crippen LogP contribution in [0.3, 0.4) is 0 Å². The molecule has 5 fully saturated rings. The number of ether oxygens (including phenoxy) is 4. The van der Waals surface area contributed by atoms with Crippen molar-refractivity contribution in [3.63, 3.8) is 0 Å². The van der Waals surface area contributed by atoms with E-state index in [1.807, 2.05) is 13.8 Å². The van der Waals surface area contributed by atoms with Gasteiger partial charge in [0.1, 0.15) is 30.0 Å². The zero-order valence-corrected chi connectivity index (χ0v) is 22.8. The molecule has 2 N–H and O–H groups in total. The molecule has 38 heavy (non-hydrogen) atoms. The summed E-state index contributed by atoms with van der Waals surface area (Å²) < 4.78 is 23.7. The fraction of sp³-hybridized carbons (Fsp3) is 0.786. The van der Waals surface area contributed by atoms with Crippen LogP contribution in [0.5, 0.6) is 0 Å². The van der Waals surface area contributed by atoms with Gasteiger partial charge in [0.25, 0.3) is 0 Å². The van der Waals surface area contributed by atoms with Gasteiger partial charge in [-0.05, 0) is 30.8 Å². The van der Waals surface area contributed by atoms with Crippen molar-refractivity contribution in [2.24, 2.45) is 34.0 Å². The lowest BCUT2D eigenvalue weighted by Gasteiger charge is -2.79. The van der Waals surface area contributed by atoms with Gasteiger partial charge in [-0.3, -0.25) is 19.2 Å². The first-order valence-corrected chi connectivity index (χ1v) is 13.3. The molecule has 210 valence electrons. The molecule has 0 amide bonds. The largest absolute Gasteiger partial charge is 0.462 e. The van der Waals surface area contributed by atoms with E-state index in [4.69, 9.17) is 18.9 Å². The molecule has 2 bridgehead atoms. The Bertz CT molecular complexity index is 1120. The van der Waals surface area contributed by atoms with Crippen LogP contribution < -0.4 is 0 Å². The summed E-state index contributed by atoms with van der Waals surface area (Å²) in [6.45, 7) is 13.2. The fourth-order valence-corrected chi connectivity index (χ4v) is 10.1. The quantitative estimate of drug-likeness (QED) is 0.311. The molecule has 12 atom stereocenters. The van der Waals surface area contributed by atoms with Crippen LogP contribution in [0.25, 0.3) is 0 Å². The number of aliphatic hydroxyl groups is 2. The Morgan fingerprint density at radius 2 is 1.47 bits per heavy atom. The molecule has 5 saturated carbocycles. The monoisotopic (exact) mass is 534 g/mol. The Hall–Kier alpha value is -2.46. The lowest BCUT2D eigenvalue weighted by atomic mass is 9.28. The number of carbonyl (C=O) groups excluding carboxylic acids is 4. The molecule has 10 nitrogen and oxygen atoms in total. The van der Waals surface area contributed by atoms with Gasteiger partial charge in [-0.2, -0.15) is 0 Å². The van der Waals surface area contributed by atoms with Crippen LogP contribution >= 0.6 is 0 Å². The number of aliphatic hydroxyl groups excluding tert-OH is 1. The van der Waals surface area contributed by atoms with Crippen LogP contribution in [0.1, 0.15) is 67.2 Å². The zero-order chi connectivity index (χ0) is 28.2. The van der Waals surface area contributed by atoms with Crippen molar-refractivity contribution >= 4 is 23.9 Å². The highest BCUT2D eigenvalue weighted by atomic mass is 16.6. The summed E-state index contributed by atoms with van der Waals surface area (Å²) in [7, 11) is 0. The molecule has 0 heterocycles. The number of hydrogen-bond donors (Lipinski definition) is 2. The van der Waals surface area contributed by atoms with Gasteiger partial charge < -0.3 is 29.2 Å². The topological polar surface area (TPSA) is 146 Å². The second-order valence-corrected chi connectivity index (χ2v) is 12.8. The van der Waals surface area contributed by atoms with Crippen LogP contribution in [-0.2, 0) is 38.1 Å². The predicted molar refractivity (Wildman–Crippen MR) is 130 cm³/mol. The number of fused-ring (bicyclic) bond motifs is 2. The van der Waals surface area contributed by atoms with Crippen molar-refractivity contribution in [2.45, 2.75) is 103 Å². The van der Waals surface area contributed by atoms with Gasteiger partial charge in [-0.25, -0.2) is 0 Å².